The van der Waals surface area contributed by atoms with Gasteiger partial charge in [-0.15, -0.1) is 0 Å². The fraction of sp³-hybridized carbons (Fsp3) is 0.571. The van der Waals surface area contributed by atoms with E-state index in [0.717, 1.165) is 36.6 Å². The van der Waals surface area contributed by atoms with Gasteiger partial charge >= 0.3 is 11.9 Å². The second kappa shape index (κ2) is 12.2. The zero-order chi connectivity index (χ0) is 32.8. The summed E-state index contributed by atoms with van der Waals surface area (Å²) in [6, 6.07) is 8.49. The van der Waals surface area contributed by atoms with Crippen LogP contribution < -0.4 is 5.32 Å². The van der Waals surface area contributed by atoms with E-state index >= 15 is 0 Å². The van der Waals surface area contributed by atoms with Crippen LogP contribution in [0.25, 0.3) is 10.9 Å². The summed E-state index contributed by atoms with van der Waals surface area (Å²) in [6.45, 7) is 6.20. The molecule has 3 aliphatic heterocycles. The second-order valence-electron chi connectivity index (χ2n) is 14.5. The molecule has 3 N–H and O–H groups in total. The Hall–Kier alpha value is -4.15. The van der Waals surface area contributed by atoms with E-state index in [0.29, 0.717) is 18.7 Å². The minimum absolute atomic E-state index is 0.0949. The first-order chi connectivity index (χ1) is 21.9. The smallest absolute Gasteiger partial charge is 0.330 e. The van der Waals surface area contributed by atoms with Crippen molar-refractivity contribution in [2.75, 3.05) is 19.6 Å². The van der Waals surface area contributed by atoms with Crippen LogP contribution in [-0.2, 0) is 23.9 Å². The number of carbonyl (C=O) groups is 5. The van der Waals surface area contributed by atoms with Gasteiger partial charge in [0, 0.05) is 54.2 Å². The van der Waals surface area contributed by atoms with Gasteiger partial charge in [0.05, 0.1) is 6.42 Å². The fourth-order valence-corrected chi connectivity index (χ4v) is 7.61. The van der Waals surface area contributed by atoms with Gasteiger partial charge < -0.3 is 29.9 Å². The number of rotatable bonds is 4. The molecule has 4 aliphatic rings. The molecule has 0 radical (unpaired) electrons. The van der Waals surface area contributed by atoms with E-state index in [1.165, 1.54) is 0 Å². The molecular formula is C35H44N4O7. The fourth-order valence-electron chi connectivity index (χ4n) is 7.61. The quantitative estimate of drug-likeness (QED) is 0.342. The highest BCUT2D eigenvalue weighted by Gasteiger charge is 2.62. The summed E-state index contributed by atoms with van der Waals surface area (Å²) in [5, 5.41) is 13.9. The normalized spacial score (nSPS) is 30.8. The van der Waals surface area contributed by atoms with Crippen molar-refractivity contribution in [3.8, 4) is 0 Å². The maximum absolute atomic E-state index is 14.3. The van der Waals surface area contributed by atoms with E-state index in [-0.39, 0.29) is 55.5 Å². The lowest BCUT2D eigenvalue weighted by atomic mass is 9.92. The summed E-state index contributed by atoms with van der Waals surface area (Å²) in [5.41, 5.74) is -0.817. The van der Waals surface area contributed by atoms with Gasteiger partial charge in [-0.05, 0) is 58.6 Å². The van der Waals surface area contributed by atoms with Gasteiger partial charge in [0.25, 0.3) is 5.91 Å². The van der Waals surface area contributed by atoms with Crippen LogP contribution in [0.15, 0.2) is 42.5 Å². The first-order valence-corrected chi connectivity index (χ1v) is 16.5. The number of carboxylic acid groups (broad SMARTS) is 1. The Morgan fingerprint density at radius 3 is 2.59 bits per heavy atom. The zero-order valence-corrected chi connectivity index (χ0v) is 26.8. The molecule has 246 valence electrons. The summed E-state index contributed by atoms with van der Waals surface area (Å²) in [7, 11) is 0. The van der Waals surface area contributed by atoms with E-state index in [1.54, 1.807) is 30.6 Å². The first kappa shape index (κ1) is 31.8. The molecule has 11 nitrogen and oxygen atoms in total. The number of para-hydroxylation sites is 1. The van der Waals surface area contributed by atoms with Crippen molar-refractivity contribution in [3.63, 3.8) is 0 Å². The summed E-state index contributed by atoms with van der Waals surface area (Å²) in [6.07, 6.45) is 7.77. The first-order valence-electron chi connectivity index (χ1n) is 16.5. The Bertz CT molecular complexity index is 1540. The number of carboxylic acids is 1. The molecule has 3 amide bonds. The van der Waals surface area contributed by atoms with Gasteiger partial charge in [0.1, 0.15) is 22.9 Å². The number of hydrogen-bond acceptors (Lipinski definition) is 6. The van der Waals surface area contributed by atoms with Crippen LogP contribution in [-0.4, -0.2) is 86.4 Å². The van der Waals surface area contributed by atoms with E-state index in [4.69, 9.17) is 4.74 Å². The molecule has 2 aromatic rings. The number of esters is 1. The van der Waals surface area contributed by atoms with Crippen molar-refractivity contribution in [2.24, 2.45) is 23.7 Å². The number of benzene rings is 1. The molecule has 2 saturated heterocycles. The number of ether oxygens (including phenoxy) is 1. The van der Waals surface area contributed by atoms with E-state index < -0.39 is 40.9 Å². The molecule has 0 unspecified atom stereocenters. The number of aliphatic carboxylic acids is 1. The summed E-state index contributed by atoms with van der Waals surface area (Å²) in [5.74, 6) is -4.12. The standard InChI is InChI=1S/C35H44N4O7/c1-34(2,3)46-28(40)16-22-12-7-5-4-6-8-13-24-17-35(24,33(44)45)37-30(41)29-25-20-38(18-23(25)19-39(29)31(22)42)32(43)27-15-21-11-9-10-14-26(21)36-27/h8-11,13-15,22-25,29,36H,4-7,12,16-20H2,1-3H3,(H,37,41)(H,44,45)/b13-8-/t22-,23-,24+,25-,29-,35+/m0/s1. The SMILES string of the molecule is CC(C)(C)OC(=O)C[C@@H]1CCCCC/C=C\[C@@H]2C[C@@]2(C(=O)O)NC(=O)[C@@H]2[C@H]3CN(C(=O)c4cc5ccccc5[nH]4)C[C@H]3CN2C1=O. The predicted octanol–water partition coefficient (Wildman–Crippen LogP) is 3.89. The van der Waals surface area contributed by atoms with Crippen molar-refractivity contribution in [2.45, 2.75) is 82.9 Å². The molecule has 11 heteroatoms. The highest BCUT2D eigenvalue weighted by Crippen LogP contribution is 2.46. The Morgan fingerprint density at radius 1 is 1.07 bits per heavy atom. The number of H-pyrrole nitrogens is 1. The van der Waals surface area contributed by atoms with Crippen LogP contribution in [0.3, 0.4) is 0 Å². The number of carbonyl (C=O) groups excluding carboxylic acids is 4. The summed E-state index contributed by atoms with van der Waals surface area (Å²) >= 11 is 0. The average Bonchev–Trinajstić information content (AvgIpc) is 3.29. The third kappa shape index (κ3) is 6.28. The number of likely N-dealkylation sites (tertiary alicyclic amines) is 1. The largest absolute Gasteiger partial charge is 0.479 e. The molecule has 1 aromatic heterocycles. The molecule has 0 bridgehead atoms. The zero-order valence-electron chi connectivity index (χ0n) is 26.8. The van der Waals surface area contributed by atoms with Crippen LogP contribution in [0, 0.1) is 23.7 Å². The molecule has 1 aliphatic carbocycles. The molecule has 1 saturated carbocycles. The minimum Gasteiger partial charge on any atom is -0.479 e. The lowest BCUT2D eigenvalue weighted by Crippen LogP contribution is -2.56. The molecule has 4 heterocycles. The number of aromatic amines is 1. The Labute approximate surface area is 268 Å². The number of allylic oxidation sites excluding steroid dienone is 1. The van der Waals surface area contributed by atoms with Gasteiger partial charge in [0.15, 0.2) is 0 Å². The van der Waals surface area contributed by atoms with Crippen LogP contribution in [0.1, 0.15) is 76.2 Å². The number of hydrogen-bond donors (Lipinski definition) is 3. The number of amides is 3. The highest BCUT2D eigenvalue weighted by molar-refractivity contribution is 5.99. The minimum atomic E-state index is -1.42. The Kier molecular flexibility index (Phi) is 8.45. The molecule has 3 fully saturated rings. The monoisotopic (exact) mass is 632 g/mol. The third-order valence-corrected chi connectivity index (χ3v) is 9.98. The van der Waals surface area contributed by atoms with Crippen LogP contribution >= 0.6 is 0 Å². The van der Waals surface area contributed by atoms with Gasteiger partial charge in [0.2, 0.25) is 11.8 Å². The molecule has 0 spiro atoms. The second-order valence-corrected chi connectivity index (χ2v) is 14.5. The third-order valence-electron chi connectivity index (χ3n) is 9.98. The number of aromatic nitrogens is 1. The summed E-state index contributed by atoms with van der Waals surface area (Å²) in [4.78, 5) is 74.0. The van der Waals surface area contributed by atoms with Crippen molar-refractivity contribution in [3.05, 3.63) is 48.2 Å². The topological polar surface area (TPSA) is 149 Å². The predicted molar refractivity (Wildman–Crippen MR) is 169 cm³/mol. The van der Waals surface area contributed by atoms with E-state index in [9.17, 15) is 29.1 Å². The van der Waals surface area contributed by atoms with Crippen molar-refractivity contribution < 1.29 is 33.8 Å². The van der Waals surface area contributed by atoms with Crippen molar-refractivity contribution in [1.29, 1.82) is 0 Å². The van der Waals surface area contributed by atoms with E-state index in [1.807, 2.05) is 42.5 Å². The lowest BCUT2D eigenvalue weighted by molar-refractivity contribution is -0.159. The van der Waals surface area contributed by atoms with Crippen molar-refractivity contribution >= 4 is 40.6 Å². The Balaban J connectivity index is 1.28. The summed E-state index contributed by atoms with van der Waals surface area (Å²) < 4.78 is 5.57. The lowest BCUT2D eigenvalue weighted by Gasteiger charge is -2.32. The molecule has 6 rings (SSSR count). The van der Waals surface area contributed by atoms with Crippen LogP contribution in [0.4, 0.5) is 0 Å². The number of nitrogens with zero attached hydrogens (tertiary/aromatic N) is 2. The van der Waals surface area contributed by atoms with Gasteiger partial charge in [-0.3, -0.25) is 19.2 Å². The van der Waals surface area contributed by atoms with Crippen LogP contribution in [0.2, 0.25) is 0 Å². The van der Waals surface area contributed by atoms with Gasteiger partial charge in [-0.25, -0.2) is 4.79 Å². The maximum Gasteiger partial charge on any atom is 0.330 e. The van der Waals surface area contributed by atoms with Gasteiger partial charge in [-0.2, -0.15) is 0 Å². The number of fused-ring (bicyclic) bond motifs is 5. The van der Waals surface area contributed by atoms with Crippen molar-refractivity contribution in [1.82, 2.24) is 20.1 Å². The molecule has 1 aromatic carbocycles. The highest BCUT2D eigenvalue weighted by atomic mass is 16.6. The molecule has 46 heavy (non-hydrogen) atoms. The van der Waals surface area contributed by atoms with E-state index in [2.05, 4.69) is 10.3 Å². The molecular weight excluding hydrogens is 588 g/mol. The van der Waals surface area contributed by atoms with Crippen LogP contribution in [0.5, 0.6) is 0 Å². The maximum atomic E-state index is 14.3. The average molecular weight is 633 g/mol. The Morgan fingerprint density at radius 2 is 1.85 bits per heavy atom. The van der Waals surface area contributed by atoms with Gasteiger partial charge in [-0.1, -0.05) is 43.2 Å². The molecule has 6 atom stereocenters. The number of nitrogens with one attached hydrogen (secondary N) is 2.